The van der Waals surface area contributed by atoms with Crippen molar-refractivity contribution in [2.75, 3.05) is 5.32 Å². The minimum Gasteiger partial charge on any atom is -0.449 e. The highest BCUT2D eigenvalue weighted by Gasteiger charge is 2.32. The van der Waals surface area contributed by atoms with E-state index in [-0.39, 0.29) is 5.56 Å². The normalized spacial score (nSPS) is 15.0. The van der Waals surface area contributed by atoms with Crippen LogP contribution in [0.2, 0.25) is 0 Å². The summed E-state index contributed by atoms with van der Waals surface area (Å²) in [5, 5.41) is 3.57. The van der Waals surface area contributed by atoms with Gasteiger partial charge in [0, 0.05) is 16.7 Å². The summed E-state index contributed by atoms with van der Waals surface area (Å²) in [5.41, 5.74) is 1.66. The van der Waals surface area contributed by atoms with Gasteiger partial charge in [-0.3, -0.25) is 14.2 Å². The maximum atomic E-state index is 13.9. The summed E-state index contributed by atoms with van der Waals surface area (Å²) in [5.74, 6) is -0.306. The molecule has 2 aromatic heterocycles. The molecule has 1 aliphatic heterocycles. The Morgan fingerprint density at radius 2 is 1.76 bits per heavy atom. The number of amides is 1. The van der Waals surface area contributed by atoms with E-state index < -0.39 is 17.8 Å². The fourth-order valence-electron chi connectivity index (χ4n) is 4.53. The summed E-state index contributed by atoms with van der Waals surface area (Å²) in [6.07, 6.45) is 1.68. The van der Waals surface area contributed by atoms with Crippen molar-refractivity contribution < 1.29 is 13.6 Å². The predicted molar refractivity (Wildman–Crippen MR) is 162 cm³/mol. The number of nitrogens with zero attached hydrogens (tertiary/aromatic N) is 2. The van der Waals surface area contributed by atoms with E-state index in [1.807, 2.05) is 54.6 Å². The number of carbonyl (C=O) groups is 1. The number of nitrogens with one attached hydrogen (secondary N) is 1. The van der Waals surface area contributed by atoms with Crippen LogP contribution in [0.25, 0.3) is 6.08 Å². The zero-order valence-corrected chi connectivity index (χ0v) is 24.7. The molecule has 0 unspecified atom stereocenters. The molecule has 0 saturated heterocycles. The first kappa shape index (κ1) is 27.2. The first-order valence-corrected chi connectivity index (χ1v) is 15.0. The number of thiazole rings is 1. The van der Waals surface area contributed by atoms with Crippen LogP contribution in [0.5, 0.6) is 0 Å². The molecule has 10 heteroatoms. The van der Waals surface area contributed by atoms with Gasteiger partial charge in [-0.25, -0.2) is 9.38 Å². The molecule has 0 radical (unpaired) electrons. The average Bonchev–Trinajstić information content (AvgIpc) is 3.46. The number of furan rings is 1. The summed E-state index contributed by atoms with van der Waals surface area (Å²) in [6, 6.07) is 25.7. The molecule has 0 spiro atoms. The summed E-state index contributed by atoms with van der Waals surface area (Å²) in [7, 11) is 0. The van der Waals surface area contributed by atoms with Gasteiger partial charge in [-0.1, -0.05) is 71.6 Å². The maximum Gasteiger partial charge on any atom is 0.271 e. The van der Waals surface area contributed by atoms with Gasteiger partial charge in [-0.2, -0.15) is 0 Å². The lowest BCUT2D eigenvalue weighted by molar-refractivity contribution is -0.113. The van der Waals surface area contributed by atoms with Crippen LogP contribution >= 0.6 is 39.0 Å². The number of hydrogen-bond donors (Lipinski definition) is 1. The predicted octanol–water partition coefficient (Wildman–Crippen LogP) is 6.52. The third-order valence-electron chi connectivity index (χ3n) is 6.39. The molecule has 1 aliphatic rings. The standard InChI is InChI=1S/C31H21BrFN3O3S2/c1-18-26(28(37)35-21-8-4-2-5-9-21)27(19-12-14-20(33)15-13-19)36-29(38)25(41-31(36)34-18)17-22-16-24(32)30(39-22)40-23-10-6-3-7-11-23/h2-17,27H,1H3,(H,35,37)/b25-17+/t27-/m0/s1. The number of para-hydroxylation sites is 1. The molecule has 1 atom stereocenters. The molecule has 0 bridgehead atoms. The molecule has 3 heterocycles. The van der Waals surface area contributed by atoms with Crippen molar-refractivity contribution >= 4 is 56.7 Å². The number of benzene rings is 3. The van der Waals surface area contributed by atoms with Crippen LogP contribution in [-0.4, -0.2) is 10.5 Å². The van der Waals surface area contributed by atoms with E-state index in [9.17, 15) is 14.0 Å². The summed E-state index contributed by atoms with van der Waals surface area (Å²) < 4.78 is 22.6. The van der Waals surface area contributed by atoms with Crippen molar-refractivity contribution in [1.82, 2.24) is 4.57 Å². The molecule has 1 N–H and O–H groups in total. The Bertz CT molecular complexity index is 1960. The van der Waals surface area contributed by atoms with Crippen LogP contribution in [0.3, 0.4) is 0 Å². The Hall–Kier alpha value is -3.99. The highest BCUT2D eigenvalue weighted by Crippen LogP contribution is 2.36. The number of halogens is 2. The van der Waals surface area contributed by atoms with Gasteiger partial charge >= 0.3 is 0 Å². The maximum absolute atomic E-state index is 13.9. The Morgan fingerprint density at radius 1 is 1.07 bits per heavy atom. The second-order valence-corrected chi connectivity index (χ2v) is 12.1. The molecule has 3 aromatic carbocycles. The van der Waals surface area contributed by atoms with Crippen LogP contribution in [0.15, 0.2) is 131 Å². The molecule has 1 amide bonds. The molecule has 5 aromatic rings. The van der Waals surface area contributed by atoms with E-state index in [1.54, 1.807) is 37.3 Å². The zero-order chi connectivity index (χ0) is 28.5. The molecule has 0 saturated carbocycles. The number of hydrogen-bond acceptors (Lipinski definition) is 6. The lowest BCUT2D eigenvalue weighted by atomic mass is 9.95. The molecular formula is C31H21BrFN3O3S2. The molecule has 6 nitrogen and oxygen atoms in total. The molecule has 0 aliphatic carbocycles. The Balaban J connectivity index is 1.43. The van der Waals surface area contributed by atoms with Crippen molar-refractivity contribution in [2.24, 2.45) is 4.99 Å². The highest BCUT2D eigenvalue weighted by molar-refractivity contribution is 9.10. The van der Waals surface area contributed by atoms with Gasteiger partial charge in [0.2, 0.25) is 0 Å². The Labute approximate surface area is 250 Å². The Morgan fingerprint density at radius 3 is 2.46 bits per heavy atom. The van der Waals surface area contributed by atoms with E-state index in [0.29, 0.717) is 42.7 Å². The number of allylic oxidation sites excluding steroid dienone is 1. The van der Waals surface area contributed by atoms with E-state index in [4.69, 9.17) is 4.42 Å². The first-order chi connectivity index (χ1) is 19.9. The molecule has 41 heavy (non-hydrogen) atoms. The van der Waals surface area contributed by atoms with Crippen LogP contribution in [-0.2, 0) is 4.79 Å². The quantitative estimate of drug-likeness (QED) is 0.228. The van der Waals surface area contributed by atoms with Crippen molar-refractivity contribution in [1.29, 1.82) is 0 Å². The third-order valence-corrected chi connectivity index (χ3v) is 9.22. The lowest BCUT2D eigenvalue weighted by Crippen LogP contribution is -2.40. The minimum absolute atomic E-state index is 0.307. The van der Waals surface area contributed by atoms with E-state index in [2.05, 4.69) is 26.2 Å². The smallest absolute Gasteiger partial charge is 0.271 e. The molecule has 204 valence electrons. The van der Waals surface area contributed by atoms with Gasteiger partial charge < -0.3 is 9.73 Å². The number of rotatable bonds is 6. The topological polar surface area (TPSA) is 76.6 Å². The molecule has 6 rings (SSSR count). The number of fused-ring (bicyclic) bond motifs is 1. The van der Waals surface area contributed by atoms with Gasteiger partial charge in [0.1, 0.15) is 11.6 Å². The monoisotopic (exact) mass is 645 g/mol. The van der Waals surface area contributed by atoms with Crippen LogP contribution in [0.1, 0.15) is 24.3 Å². The van der Waals surface area contributed by atoms with Crippen molar-refractivity contribution in [2.45, 2.75) is 23.0 Å². The van der Waals surface area contributed by atoms with E-state index >= 15 is 0 Å². The number of anilines is 1. The Kier molecular flexibility index (Phi) is 7.61. The van der Waals surface area contributed by atoms with Crippen LogP contribution in [0.4, 0.5) is 10.1 Å². The van der Waals surface area contributed by atoms with E-state index in [0.717, 1.165) is 9.37 Å². The van der Waals surface area contributed by atoms with Gasteiger partial charge in [0.05, 0.1) is 26.3 Å². The second kappa shape index (κ2) is 11.5. The molecule has 0 fully saturated rings. The zero-order valence-electron chi connectivity index (χ0n) is 21.5. The fourth-order valence-corrected chi connectivity index (χ4v) is 6.90. The molecular weight excluding hydrogens is 625 g/mol. The van der Waals surface area contributed by atoms with Gasteiger partial charge in [-0.15, -0.1) is 0 Å². The van der Waals surface area contributed by atoms with Gasteiger partial charge in [0.15, 0.2) is 9.89 Å². The van der Waals surface area contributed by atoms with E-state index in [1.165, 1.54) is 39.8 Å². The van der Waals surface area contributed by atoms with Gasteiger partial charge in [0.25, 0.3) is 11.5 Å². The van der Waals surface area contributed by atoms with Crippen molar-refractivity contribution in [3.05, 3.63) is 144 Å². The highest BCUT2D eigenvalue weighted by atomic mass is 79.9. The number of carbonyl (C=O) groups excluding carboxylic acids is 1. The first-order valence-electron chi connectivity index (χ1n) is 12.5. The summed E-state index contributed by atoms with van der Waals surface area (Å²) in [4.78, 5) is 33.6. The SMILES string of the molecule is CC1=C(C(=O)Nc2ccccc2)[C@H](c2ccc(F)cc2)n2c(s/c(=C/c3cc(Br)c(Sc4ccccc4)o3)c2=O)=N1. The second-order valence-electron chi connectivity index (χ2n) is 9.15. The van der Waals surface area contributed by atoms with Crippen molar-refractivity contribution in [3.8, 4) is 0 Å². The minimum atomic E-state index is -0.801. The summed E-state index contributed by atoms with van der Waals surface area (Å²) >= 11 is 6.23. The fraction of sp³-hybridized carbons (Fsp3) is 0.0645. The van der Waals surface area contributed by atoms with Gasteiger partial charge in [-0.05, 0) is 70.9 Å². The lowest BCUT2D eigenvalue weighted by Gasteiger charge is -2.25. The van der Waals surface area contributed by atoms with Crippen molar-refractivity contribution in [3.63, 3.8) is 0 Å². The van der Waals surface area contributed by atoms with Crippen LogP contribution in [0, 0.1) is 5.82 Å². The average molecular weight is 647 g/mol. The van der Waals surface area contributed by atoms with Crippen LogP contribution < -0.4 is 20.2 Å². The third kappa shape index (κ3) is 5.63. The summed E-state index contributed by atoms with van der Waals surface area (Å²) in [6.45, 7) is 1.74. The largest absolute Gasteiger partial charge is 0.449 e. The number of aromatic nitrogens is 1.